The van der Waals surface area contributed by atoms with E-state index in [0.717, 1.165) is 12.1 Å². The highest BCUT2D eigenvalue weighted by Gasteiger charge is 2.42. The van der Waals surface area contributed by atoms with Crippen LogP contribution >= 0.6 is 0 Å². The van der Waals surface area contributed by atoms with Gasteiger partial charge in [-0.2, -0.15) is 0 Å². The SMILES string of the molecule is CC(C)C1NC(c2ccc(F)cc2)N(CC2CCC2)C1=O. The molecule has 1 aliphatic carbocycles. The summed E-state index contributed by atoms with van der Waals surface area (Å²) in [7, 11) is 0. The number of carbonyl (C=O) groups excluding carboxylic acids is 1. The Hall–Kier alpha value is -1.42. The lowest BCUT2D eigenvalue weighted by molar-refractivity contribution is -0.131. The smallest absolute Gasteiger partial charge is 0.241 e. The van der Waals surface area contributed by atoms with Gasteiger partial charge in [0, 0.05) is 6.54 Å². The normalized spacial score (nSPS) is 26.5. The van der Waals surface area contributed by atoms with Gasteiger partial charge in [-0.25, -0.2) is 4.39 Å². The molecule has 1 N–H and O–H groups in total. The van der Waals surface area contributed by atoms with Gasteiger partial charge >= 0.3 is 0 Å². The number of halogens is 1. The number of hydrogen-bond donors (Lipinski definition) is 1. The van der Waals surface area contributed by atoms with Crippen molar-refractivity contribution in [2.24, 2.45) is 11.8 Å². The van der Waals surface area contributed by atoms with E-state index in [9.17, 15) is 9.18 Å². The quantitative estimate of drug-likeness (QED) is 0.924. The molecule has 21 heavy (non-hydrogen) atoms. The fourth-order valence-electron chi connectivity index (χ4n) is 3.19. The molecule has 1 saturated heterocycles. The Morgan fingerprint density at radius 1 is 1.29 bits per heavy atom. The number of benzene rings is 1. The number of carbonyl (C=O) groups is 1. The minimum absolute atomic E-state index is 0.119. The third kappa shape index (κ3) is 2.82. The zero-order valence-electron chi connectivity index (χ0n) is 12.7. The van der Waals surface area contributed by atoms with Crippen LogP contribution in [0.5, 0.6) is 0 Å². The first kappa shape index (κ1) is 14.5. The van der Waals surface area contributed by atoms with Crippen LogP contribution in [0.3, 0.4) is 0 Å². The molecular formula is C17H23FN2O. The van der Waals surface area contributed by atoms with Crippen LogP contribution in [0.1, 0.15) is 44.8 Å². The molecule has 0 spiro atoms. The molecule has 0 bridgehead atoms. The van der Waals surface area contributed by atoms with Gasteiger partial charge in [-0.15, -0.1) is 0 Å². The Balaban J connectivity index is 1.83. The maximum Gasteiger partial charge on any atom is 0.241 e. The highest BCUT2D eigenvalue weighted by Crippen LogP contribution is 2.34. The third-order valence-corrected chi connectivity index (χ3v) is 4.73. The largest absolute Gasteiger partial charge is 0.321 e. The molecular weight excluding hydrogens is 267 g/mol. The average molecular weight is 290 g/mol. The van der Waals surface area contributed by atoms with Crippen LogP contribution in [0.25, 0.3) is 0 Å². The summed E-state index contributed by atoms with van der Waals surface area (Å²) in [6.07, 6.45) is 3.58. The van der Waals surface area contributed by atoms with E-state index in [-0.39, 0.29) is 29.8 Å². The molecule has 2 unspecified atom stereocenters. The van der Waals surface area contributed by atoms with E-state index in [1.54, 1.807) is 12.1 Å². The number of hydrogen-bond acceptors (Lipinski definition) is 2. The minimum atomic E-state index is -0.242. The van der Waals surface area contributed by atoms with E-state index in [0.29, 0.717) is 5.92 Å². The summed E-state index contributed by atoms with van der Waals surface area (Å²) >= 11 is 0. The van der Waals surface area contributed by atoms with Crippen LogP contribution in [-0.4, -0.2) is 23.4 Å². The van der Waals surface area contributed by atoms with Crippen molar-refractivity contribution in [3.05, 3.63) is 35.6 Å². The molecule has 1 saturated carbocycles. The number of nitrogens with zero attached hydrogens (tertiary/aromatic N) is 1. The van der Waals surface area contributed by atoms with Crippen molar-refractivity contribution >= 4 is 5.91 Å². The number of nitrogens with one attached hydrogen (secondary N) is 1. The van der Waals surface area contributed by atoms with Crippen LogP contribution in [0.15, 0.2) is 24.3 Å². The van der Waals surface area contributed by atoms with Gasteiger partial charge < -0.3 is 4.90 Å². The lowest BCUT2D eigenvalue weighted by Gasteiger charge is -2.33. The highest BCUT2D eigenvalue weighted by molar-refractivity contribution is 5.84. The Morgan fingerprint density at radius 2 is 1.95 bits per heavy atom. The monoisotopic (exact) mass is 290 g/mol. The second-order valence-electron chi connectivity index (χ2n) is 6.63. The zero-order chi connectivity index (χ0) is 15.0. The molecule has 1 aliphatic heterocycles. The fraction of sp³-hybridized carbons (Fsp3) is 0.588. The third-order valence-electron chi connectivity index (χ3n) is 4.73. The Labute approximate surface area is 125 Å². The summed E-state index contributed by atoms with van der Waals surface area (Å²) in [5.74, 6) is 0.830. The first-order valence-corrected chi connectivity index (χ1v) is 7.88. The topological polar surface area (TPSA) is 32.3 Å². The van der Waals surface area contributed by atoms with E-state index in [2.05, 4.69) is 19.2 Å². The zero-order valence-corrected chi connectivity index (χ0v) is 12.7. The molecule has 0 radical (unpaired) electrons. The summed E-state index contributed by atoms with van der Waals surface area (Å²) in [6.45, 7) is 4.94. The van der Waals surface area contributed by atoms with Crippen LogP contribution in [0, 0.1) is 17.7 Å². The minimum Gasteiger partial charge on any atom is -0.321 e. The van der Waals surface area contributed by atoms with Crippen molar-refractivity contribution in [3.63, 3.8) is 0 Å². The predicted molar refractivity (Wildman–Crippen MR) is 80.0 cm³/mol. The van der Waals surface area contributed by atoms with Crippen LogP contribution in [-0.2, 0) is 4.79 Å². The Bertz CT molecular complexity index is 510. The first-order valence-electron chi connectivity index (χ1n) is 7.88. The van der Waals surface area contributed by atoms with E-state index in [1.165, 1.54) is 31.4 Å². The van der Waals surface area contributed by atoms with Gasteiger partial charge in [-0.3, -0.25) is 10.1 Å². The Kier molecular flexibility index (Phi) is 3.98. The molecule has 1 aromatic rings. The van der Waals surface area contributed by atoms with E-state index >= 15 is 0 Å². The lowest BCUT2D eigenvalue weighted by atomic mass is 9.85. The number of amides is 1. The molecule has 3 nitrogen and oxygen atoms in total. The molecule has 1 aromatic carbocycles. The molecule has 2 fully saturated rings. The standard InChI is InChI=1S/C17H23FN2O/c1-11(2)15-17(21)20(10-12-4-3-5-12)16(19-15)13-6-8-14(18)9-7-13/h6-9,11-12,15-16,19H,3-5,10H2,1-2H3. The fourth-order valence-corrected chi connectivity index (χ4v) is 3.19. The summed E-state index contributed by atoms with van der Waals surface area (Å²) in [6, 6.07) is 6.34. The van der Waals surface area contributed by atoms with Gasteiger partial charge in [0.25, 0.3) is 0 Å². The molecule has 1 heterocycles. The highest BCUT2D eigenvalue weighted by atomic mass is 19.1. The van der Waals surface area contributed by atoms with Crippen LogP contribution in [0.2, 0.25) is 0 Å². The van der Waals surface area contributed by atoms with Crippen molar-refractivity contribution in [3.8, 4) is 0 Å². The molecule has 0 aromatic heterocycles. The predicted octanol–water partition coefficient (Wildman–Crippen LogP) is 3.08. The molecule has 114 valence electrons. The summed E-state index contributed by atoms with van der Waals surface area (Å²) in [5.41, 5.74) is 0.965. The number of rotatable bonds is 4. The second kappa shape index (κ2) is 5.76. The van der Waals surface area contributed by atoms with Crippen molar-refractivity contribution in [1.29, 1.82) is 0 Å². The van der Waals surface area contributed by atoms with Gasteiger partial charge in [0.2, 0.25) is 5.91 Å². The molecule has 1 amide bonds. The van der Waals surface area contributed by atoms with E-state index in [1.807, 2.05) is 4.90 Å². The molecule has 4 heteroatoms. The van der Waals surface area contributed by atoms with Crippen molar-refractivity contribution in [1.82, 2.24) is 10.2 Å². The molecule has 3 rings (SSSR count). The lowest BCUT2D eigenvalue weighted by Crippen LogP contribution is -2.38. The van der Waals surface area contributed by atoms with Crippen molar-refractivity contribution in [2.75, 3.05) is 6.54 Å². The van der Waals surface area contributed by atoms with Crippen LogP contribution < -0.4 is 5.32 Å². The summed E-state index contributed by atoms with van der Waals surface area (Å²) in [4.78, 5) is 14.6. The second-order valence-corrected chi connectivity index (χ2v) is 6.63. The van der Waals surface area contributed by atoms with Crippen LogP contribution in [0.4, 0.5) is 4.39 Å². The molecule has 2 atom stereocenters. The van der Waals surface area contributed by atoms with Crippen molar-refractivity contribution < 1.29 is 9.18 Å². The van der Waals surface area contributed by atoms with Gasteiger partial charge in [0.05, 0.1) is 6.04 Å². The summed E-state index contributed by atoms with van der Waals surface area (Å²) < 4.78 is 13.1. The van der Waals surface area contributed by atoms with Crippen molar-refractivity contribution in [2.45, 2.75) is 45.3 Å². The van der Waals surface area contributed by atoms with E-state index in [4.69, 9.17) is 0 Å². The maximum absolute atomic E-state index is 13.1. The first-order chi connectivity index (χ1) is 10.1. The maximum atomic E-state index is 13.1. The van der Waals surface area contributed by atoms with Gasteiger partial charge in [0.15, 0.2) is 0 Å². The van der Waals surface area contributed by atoms with Gasteiger partial charge in [-0.05, 0) is 42.4 Å². The molecule has 2 aliphatic rings. The average Bonchev–Trinajstić information content (AvgIpc) is 2.72. The van der Waals surface area contributed by atoms with Gasteiger partial charge in [-0.1, -0.05) is 32.4 Å². The Morgan fingerprint density at radius 3 is 2.48 bits per heavy atom. The van der Waals surface area contributed by atoms with E-state index < -0.39 is 0 Å². The van der Waals surface area contributed by atoms with Gasteiger partial charge in [0.1, 0.15) is 12.0 Å². The summed E-state index contributed by atoms with van der Waals surface area (Å²) in [5, 5.41) is 3.43.